The van der Waals surface area contributed by atoms with E-state index >= 15 is 0 Å². The van der Waals surface area contributed by atoms with Crippen molar-refractivity contribution in [2.45, 2.75) is 45.3 Å². The third kappa shape index (κ3) is 10.3. The fraction of sp³-hybridized carbons (Fsp3) is 0.333. The van der Waals surface area contributed by atoms with Gasteiger partial charge in [0, 0.05) is 61.6 Å². The molecule has 0 bridgehead atoms. The fourth-order valence-corrected chi connectivity index (χ4v) is 6.37. The van der Waals surface area contributed by atoms with Gasteiger partial charge < -0.3 is 19.3 Å². The number of nitro groups is 2. The molecular formula is C39H40N8O8. The average Bonchev–Trinajstić information content (AvgIpc) is 3.87. The highest BCUT2D eigenvalue weighted by Gasteiger charge is 2.31. The largest absolute Gasteiger partial charge is 0.460 e. The van der Waals surface area contributed by atoms with Gasteiger partial charge in [0.2, 0.25) is 0 Å². The van der Waals surface area contributed by atoms with Crippen LogP contribution in [0.25, 0.3) is 0 Å². The number of nitrogens with zero attached hydrogens (tertiary/aromatic N) is 8. The molecule has 4 aromatic carbocycles. The van der Waals surface area contributed by atoms with E-state index < -0.39 is 21.7 Å². The molecule has 16 nitrogen and oxygen atoms in total. The third-order valence-electron chi connectivity index (χ3n) is 9.48. The highest BCUT2D eigenvalue weighted by Crippen LogP contribution is 2.29. The fourth-order valence-electron chi connectivity index (χ4n) is 6.37. The molecule has 4 aromatic rings. The molecule has 4 atom stereocenters. The van der Waals surface area contributed by atoms with E-state index in [-0.39, 0.29) is 35.5 Å². The molecule has 0 amide bonds. The summed E-state index contributed by atoms with van der Waals surface area (Å²) in [5, 5.41) is 38.4. The Hall–Kier alpha value is -6.58. The van der Waals surface area contributed by atoms with E-state index in [2.05, 4.69) is 30.3 Å². The SMILES string of the molecule is C[C@H](C[C@@H](C)C(=O)O[C@H]1CCN(c2ccc(N=Nc3ccc([N+](=O)[O-])cc3)cc2)C1)C(=O)O[C@H]1CCN(c2ccc(N=Nc3ccc([N+](=O)[O-])cc3)cc2)C1. The maximum Gasteiger partial charge on any atom is 0.309 e. The zero-order valence-electron chi connectivity index (χ0n) is 30.3. The quantitative estimate of drug-likeness (QED) is 0.0520. The standard InChI is InChI=1S/C39H40N8O8/c1-26(38(48)54-36-19-21-44(24-36)32-11-3-28(4-12-32)40-42-30-7-15-34(16-8-30)46(50)51)23-27(2)39(49)55-37-20-22-45(25-37)33-13-5-29(6-14-33)41-43-31-9-17-35(18-10-31)47(52)53/h3-18,26-27,36-37H,19-25H2,1-2H3/t26-,27-,36+,37+/m1/s1. The Bertz CT molecular complexity index is 1890. The third-order valence-corrected chi connectivity index (χ3v) is 9.48. The number of nitro benzene ring substituents is 2. The van der Waals surface area contributed by atoms with Crippen molar-refractivity contribution >= 4 is 57.4 Å². The van der Waals surface area contributed by atoms with Gasteiger partial charge >= 0.3 is 11.9 Å². The Morgan fingerprint density at radius 2 is 0.909 bits per heavy atom. The lowest BCUT2D eigenvalue weighted by Crippen LogP contribution is -2.30. The maximum absolute atomic E-state index is 13.0. The summed E-state index contributed by atoms with van der Waals surface area (Å²) in [6.07, 6.45) is 1.15. The number of anilines is 2. The normalized spacial score (nSPS) is 18.1. The zero-order valence-corrected chi connectivity index (χ0v) is 30.3. The van der Waals surface area contributed by atoms with E-state index in [0.29, 0.717) is 55.1 Å². The Morgan fingerprint density at radius 3 is 1.22 bits per heavy atom. The Labute approximate surface area is 316 Å². The molecule has 2 saturated heterocycles. The maximum atomic E-state index is 13.0. The molecule has 0 saturated carbocycles. The molecule has 0 aromatic heterocycles. The van der Waals surface area contributed by atoms with Crippen molar-refractivity contribution in [2.24, 2.45) is 32.3 Å². The van der Waals surface area contributed by atoms with Crippen LogP contribution >= 0.6 is 0 Å². The number of carbonyl (C=O) groups is 2. The number of hydrogen-bond acceptors (Lipinski definition) is 14. The lowest BCUT2D eigenvalue weighted by atomic mass is 9.97. The van der Waals surface area contributed by atoms with Gasteiger partial charge in [0.1, 0.15) is 12.2 Å². The summed E-state index contributed by atoms with van der Waals surface area (Å²) < 4.78 is 11.7. The summed E-state index contributed by atoms with van der Waals surface area (Å²) in [7, 11) is 0. The molecule has 2 aliphatic heterocycles. The first-order valence-electron chi connectivity index (χ1n) is 17.9. The molecule has 2 heterocycles. The van der Waals surface area contributed by atoms with Crippen molar-refractivity contribution in [1.82, 2.24) is 0 Å². The molecule has 0 N–H and O–H groups in total. The zero-order chi connectivity index (χ0) is 38.9. The molecule has 2 fully saturated rings. The first-order chi connectivity index (χ1) is 26.5. The number of rotatable bonds is 14. The highest BCUT2D eigenvalue weighted by molar-refractivity contribution is 5.76. The van der Waals surface area contributed by atoms with Crippen LogP contribution in [0.4, 0.5) is 45.5 Å². The second kappa shape index (κ2) is 17.5. The number of carbonyl (C=O) groups excluding carboxylic acids is 2. The van der Waals surface area contributed by atoms with Gasteiger partial charge in [-0.05, 0) is 79.2 Å². The van der Waals surface area contributed by atoms with Gasteiger partial charge in [0.25, 0.3) is 11.4 Å². The molecule has 0 unspecified atom stereocenters. The molecule has 2 aliphatic rings. The van der Waals surface area contributed by atoms with Crippen molar-refractivity contribution in [3.63, 3.8) is 0 Å². The predicted octanol–water partition coefficient (Wildman–Crippen LogP) is 8.94. The van der Waals surface area contributed by atoms with Gasteiger partial charge in [0.15, 0.2) is 0 Å². The van der Waals surface area contributed by atoms with E-state index in [0.717, 1.165) is 24.5 Å². The van der Waals surface area contributed by atoms with E-state index in [1.54, 1.807) is 13.8 Å². The Kier molecular flexibility index (Phi) is 12.1. The van der Waals surface area contributed by atoms with Crippen LogP contribution in [-0.2, 0) is 19.1 Å². The van der Waals surface area contributed by atoms with Crippen molar-refractivity contribution in [1.29, 1.82) is 0 Å². The number of esters is 2. The molecule has 55 heavy (non-hydrogen) atoms. The van der Waals surface area contributed by atoms with E-state index in [1.807, 2.05) is 48.5 Å². The van der Waals surface area contributed by atoms with Gasteiger partial charge in [-0.15, -0.1) is 0 Å². The van der Waals surface area contributed by atoms with E-state index in [9.17, 15) is 29.8 Å². The summed E-state index contributed by atoms with van der Waals surface area (Å²) in [5.74, 6) is -1.63. The van der Waals surface area contributed by atoms with E-state index in [1.165, 1.54) is 48.5 Å². The molecule has 284 valence electrons. The van der Waals surface area contributed by atoms with Crippen molar-refractivity contribution in [2.75, 3.05) is 36.0 Å². The van der Waals surface area contributed by atoms with Crippen molar-refractivity contribution in [3.05, 3.63) is 117 Å². The smallest absolute Gasteiger partial charge is 0.309 e. The van der Waals surface area contributed by atoms with Crippen LogP contribution in [0.2, 0.25) is 0 Å². The van der Waals surface area contributed by atoms with Gasteiger partial charge in [-0.25, -0.2) is 0 Å². The summed E-state index contributed by atoms with van der Waals surface area (Å²) in [4.78, 5) is 51.0. The number of non-ortho nitro benzene ring substituents is 2. The lowest BCUT2D eigenvalue weighted by Gasteiger charge is -2.22. The molecule has 0 spiro atoms. The first kappa shape index (κ1) is 38.2. The van der Waals surface area contributed by atoms with Gasteiger partial charge in [-0.2, -0.15) is 20.5 Å². The van der Waals surface area contributed by atoms with Crippen LogP contribution in [0, 0.1) is 32.1 Å². The number of azo groups is 2. The van der Waals surface area contributed by atoms with Crippen LogP contribution in [0.3, 0.4) is 0 Å². The lowest BCUT2D eigenvalue weighted by molar-refractivity contribution is -0.385. The summed E-state index contributed by atoms with van der Waals surface area (Å²) in [6.45, 7) is 6.08. The second-order valence-electron chi connectivity index (χ2n) is 13.6. The van der Waals surface area contributed by atoms with Gasteiger partial charge in [-0.3, -0.25) is 29.8 Å². The van der Waals surface area contributed by atoms with Crippen molar-refractivity contribution < 1.29 is 28.9 Å². The minimum Gasteiger partial charge on any atom is -0.460 e. The van der Waals surface area contributed by atoms with Crippen LogP contribution in [0.5, 0.6) is 0 Å². The van der Waals surface area contributed by atoms with Crippen LogP contribution in [0.15, 0.2) is 118 Å². The van der Waals surface area contributed by atoms with E-state index in [4.69, 9.17) is 9.47 Å². The predicted molar refractivity (Wildman–Crippen MR) is 204 cm³/mol. The molecule has 6 rings (SSSR count). The Balaban J connectivity index is 0.901. The Morgan fingerprint density at radius 1 is 0.600 bits per heavy atom. The summed E-state index contributed by atoms with van der Waals surface area (Å²) in [5.41, 5.74) is 4.17. The first-order valence-corrected chi connectivity index (χ1v) is 17.9. The number of benzene rings is 4. The molecule has 0 aliphatic carbocycles. The number of hydrogen-bond donors (Lipinski definition) is 0. The molecule has 0 radical (unpaired) electrons. The van der Waals surface area contributed by atoms with Gasteiger partial charge in [0.05, 0.1) is 57.5 Å². The van der Waals surface area contributed by atoms with Crippen LogP contribution in [-0.4, -0.2) is 60.2 Å². The number of ether oxygens (including phenoxy) is 2. The molecule has 16 heteroatoms. The monoisotopic (exact) mass is 748 g/mol. The van der Waals surface area contributed by atoms with Crippen LogP contribution in [0.1, 0.15) is 33.1 Å². The highest BCUT2D eigenvalue weighted by atomic mass is 16.6. The summed E-state index contributed by atoms with van der Waals surface area (Å²) in [6, 6.07) is 26.7. The minimum atomic E-state index is -0.479. The summed E-state index contributed by atoms with van der Waals surface area (Å²) >= 11 is 0. The van der Waals surface area contributed by atoms with Gasteiger partial charge in [-0.1, -0.05) is 13.8 Å². The molecular weight excluding hydrogens is 708 g/mol. The topological polar surface area (TPSA) is 195 Å². The van der Waals surface area contributed by atoms with Crippen molar-refractivity contribution in [3.8, 4) is 0 Å². The average molecular weight is 749 g/mol. The second-order valence-corrected chi connectivity index (χ2v) is 13.6. The minimum absolute atomic E-state index is 0.0109. The van der Waals surface area contributed by atoms with Crippen LogP contribution < -0.4 is 9.80 Å².